The van der Waals surface area contributed by atoms with Crippen LogP contribution < -0.4 is 10.6 Å². The van der Waals surface area contributed by atoms with Gasteiger partial charge in [-0.25, -0.2) is 9.97 Å². The fourth-order valence-corrected chi connectivity index (χ4v) is 3.23. The molecule has 0 amide bonds. The van der Waals surface area contributed by atoms with Gasteiger partial charge in [-0.3, -0.25) is 0 Å². The van der Waals surface area contributed by atoms with Crippen LogP contribution in [0.15, 0.2) is 42.6 Å². The fraction of sp³-hybridized carbons (Fsp3) is 0.333. The highest BCUT2D eigenvalue weighted by Crippen LogP contribution is 2.31. The number of aliphatic hydroxyl groups is 1. The Kier molecular flexibility index (Phi) is 3.71. The molecule has 0 spiro atoms. The summed E-state index contributed by atoms with van der Waals surface area (Å²) in [6, 6.07) is 10.3. The lowest BCUT2D eigenvalue weighted by atomic mass is 10.1. The second-order valence-electron chi connectivity index (χ2n) is 6.15. The number of anilines is 2. The van der Waals surface area contributed by atoms with Crippen molar-refractivity contribution in [2.24, 2.45) is 0 Å². The average Bonchev–Trinajstić information content (AvgIpc) is 3.00. The van der Waals surface area contributed by atoms with Crippen LogP contribution in [0.25, 0.3) is 11.4 Å². The van der Waals surface area contributed by atoms with Crippen LogP contribution in [0.3, 0.4) is 0 Å². The number of hydrogen-bond acceptors (Lipinski definition) is 5. The van der Waals surface area contributed by atoms with E-state index in [4.69, 9.17) is 4.98 Å². The second kappa shape index (κ2) is 6.01. The first-order valence-electron chi connectivity index (χ1n) is 8.12. The molecule has 1 fully saturated rings. The van der Waals surface area contributed by atoms with Crippen LogP contribution in [0.1, 0.15) is 24.8 Å². The highest BCUT2D eigenvalue weighted by molar-refractivity contribution is 5.68. The number of benzene rings is 1. The van der Waals surface area contributed by atoms with Gasteiger partial charge in [-0.2, -0.15) is 0 Å². The van der Waals surface area contributed by atoms with Gasteiger partial charge in [-0.05, 0) is 31.9 Å². The normalized spacial score (nSPS) is 22.5. The lowest BCUT2D eigenvalue weighted by Gasteiger charge is -2.20. The SMILES string of the molecule is O[C@H]1CCC(Nc2nc(-c3ccccc3)nc3c2CC=CN3)C1. The summed E-state index contributed by atoms with van der Waals surface area (Å²) >= 11 is 0. The minimum atomic E-state index is -0.197. The molecule has 1 aliphatic carbocycles. The van der Waals surface area contributed by atoms with Crippen LogP contribution >= 0.6 is 0 Å². The molecule has 3 N–H and O–H groups in total. The summed E-state index contributed by atoms with van der Waals surface area (Å²) in [6.07, 6.45) is 7.23. The first-order valence-corrected chi connectivity index (χ1v) is 8.12. The molecule has 23 heavy (non-hydrogen) atoms. The first-order chi connectivity index (χ1) is 11.3. The van der Waals surface area contributed by atoms with Crippen molar-refractivity contribution < 1.29 is 5.11 Å². The van der Waals surface area contributed by atoms with Crippen molar-refractivity contribution in [2.75, 3.05) is 10.6 Å². The van der Waals surface area contributed by atoms with Crippen molar-refractivity contribution in [1.82, 2.24) is 9.97 Å². The maximum Gasteiger partial charge on any atom is 0.163 e. The molecule has 2 atom stereocenters. The van der Waals surface area contributed by atoms with Gasteiger partial charge < -0.3 is 15.7 Å². The number of aliphatic hydroxyl groups excluding tert-OH is 1. The Hall–Kier alpha value is -2.40. The van der Waals surface area contributed by atoms with Crippen molar-refractivity contribution in [3.63, 3.8) is 0 Å². The second-order valence-corrected chi connectivity index (χ2v) is 6.15. The van der Waals surface area contributed by atoms with Gasteiger partial charge in [0.2, 0.25) is 0 Å². The summed E-state index contributed by atoms with van der Waals surface area (Å²) in [6.45, 7) is 0. The van der Waals surface area contributed by atoms with E-state index in [2.05, 4.69) is 21.7 Å². The van der Waals surface area contributed by atoms with E-state index >= 15 is 0 Å². The lowest BCUT2D eigenvalue weighted by Crippen LogP contribution is -2.20. The zero-order valence-electron chi connectivity index (χ0n) is 12.9. The molecule has 2 aromatic rings. The minimum Gasteiger partial charge on any atom is -0.393 e. The van der Waals surface area contributed by atoms with E-state index < -0.39 is 0 Å². The molecule has 1 saturated carbocycles. The lowest BCUT2D eigenvalue weighted by molar-refractivity contribution is 0.182. The van der Waals surface area contributed by atoms with Crippen LogP contribution in [0, 0.1) is 0 Å². The molecule has 0 saturated heterocycles. The van der Waals surface area contributed by atoms with Crippen LogP contribution in [0.4, 0.5) is 11.6 Å². The summed E-state index contributed by atoms with van der Waals surface area (Å²) in [5.41, 5.74) is 2.09. The van der Waals surface area contributed by atoms with E-state index in [1.165, 1.54) is 0 Å². The van der Waals surface area contributed by atoms with Crippen LogP contribution in [0.2, 0.25) is 0 Å². The van der Waals surface area contributed by atoms with Crippen molar-refractivity contribution in [3.05, 3.63) is 48.2 Å². The summed E-state index contributed by atoms with van der Waals surface area (Å²) < 4.78 is 0. The number of rotatable bonds is 3. The molecule has 2 heterocycles. The van der Waals surface area contributed by atoms with Gasteiger partial charge in [0.05, 0.1) is 6.10 Å². The monoisotopic (exact) mass is 308 g/mol. The summed E-state index contributed by atoms with van der Waals surface area (Å²) in [4.78, 5) is 9.44. The van der Waals surface area contributed by atoms with Crippen molar-refractivity contribution in [3.8, 4) is 11.4 Å². The van der Waals surface area contributed by atoms with Crippen molar-refractivity contribution in [2.45, 2.75) is 37.8 Å². The highest BCUT2D eigenvalue weighted by Gasteiger charge is 2.25. The zero-order chi connectivity index (χ0) is 15.6. The van der Waals surface area contributed by atoms with Crippen molar-refractivity contribution >= 4 is 11.6 Å². The zero-order valence-corrected chi connectivity index (χ0v) is 12.9. The molecule has 1 aliphatic heterocycles. The van der Waals surface area contributed by atoms with E-state index in [0.717, 1.165) is 48.4 Å². The molecule has 5 heteroatoms. The maximum absolute atomic E-state index is 9.75. The van der Waals surface area contributed by atoms with Gasteiger partial charge in [0, 0.05) is 17.2 Å². The number of fused-ring (bicyclic) bond motifs is 1. The molecule has 5 nitrogen and oxygen atoms in total. The number of nitrogens with zero attached hydrogens (tertiary/aromatic N) is 2. The Morgan fingerprint density at radius 2 is 2.00 bits per heavy atom. The standard InChI is InChI=1S/C18H20N4O/c23-14-9-8-13(11-14)20-18-15-7-4-10-19-17(15)21-16(22-18)12-5-2-1-3-6-12/h1-6,10,13-14,23H,7-9,11H2,(H2,19,20,21,22)/t13?,14-/m0/s1. The summed E-state index contributed by atoms with van der Waals surface area (Å²) in [7, 11) is 0. The van der Waals surface area contributed by atoms with E-state index in [9.17, 15) is 5.11 Å². The summed E-state index contributed by atoms with van der Waals surface area (Å²) in [5, 5.41) is 16.5. The molecule has 4 rings (SSSR count). The number of allylic oxidation sites excluding steroid dienone is 1. The third-order valence-corrected chi connectivity index (χ3v) is 4.44. The Morgan fingerprint density at radius 3 is 2.78 bits per heavy atom. The largest absolute Gasteiger partial charge is 0.393 e. The predicted molar refractivity (Wildman–Crippen MR) is 91.2 cm³/mol. The van der Waals surface area contributed by atoms with Gasteiger partial charge >= 0.3 is 0 Å². The Balaban J connectivity index is 1.71. The van der Waals surface area contributed by atoms with Gasteiger partial charge in [-0.1, -0.05) is 36.4 Å². The fourth-order valence-electron chi connectivity index (χ4n) is 3.23. The Bertz CT molecular complexity index is 729. The topological polar surface area (TPSA) is 70.1 Å². The first kappa shape index (κ1) is 14.2. The van der Waals surface area contributed by atoms with E-state index in [-0.39, 0.29) is 12.1 Å². The Morgan fingerprint density at radius 1 is 1.13 bits per heavy atom. The van der Waals surface area contributed by atoms with Crippen LogP contribution in [-0.4, -0.2) is 27.2 Å². The quantitative estimate of drug-likeness (QED) is 0.813. The molecular weight excluding hydrogens is 288 g/mol. The molecule has 1 aromatic carbocycles. The van der Waals surface area contributed by atoms with Crippen LogP contribution in [-0.2, 0) is 6.42 Å². The van der Waals surface area contributed by atoms with Gasteiger partial charge in [0.25, 0.3) is 0 Å². The van der Waals surface area contributed by atoms with E-state index in [1.54, 1.807) is 0 Å². The minimum absolute atomic E-state index is 0.197. The molecule has 0 radical (unpaired) electrons. The molecule has 1 unspecified atom stereocenters. The van der Waals surface area contributed by atoms with Gasteiger partial charge in [0.15, 0.2) is 5.82 Å². The number of aromatic nitrogens is 2. The molecule has 0 bridgehead atoms. The van der Waals surface area contributed by atoms with Crippen LogP contribution in [0.5, 0.6) is 0 Å². The average molecular weight is 308 g/mol. The highest BCUT2D eigenvalue weighted by atomic mass is 16.3. The third kappa shape index (κ3) is 2.92. The van der Waals surface area contributed by atoms with E-state index in [1.807, 2.05) is 36.5 Å². The molecule has 2 aliphatic rings. The van der Waals surface area contributed by atoms with E-state index in [0.29, 0.717) is 5.82 Å². The van der Waals surface area contributed by atoms with Crippen molar-refractivity contribution in [1.29, 1.82) is 0 Å². The summed E-state index contributed by atoms with van der Waals surface area (Å²) in [5.74, 6) is 2.46. The smallest absolute Gasteiger partial charge is 0.163 e. The molecule has 1 aromatic heterocycles. The third-order valence-electron chi connectivity index (χ3n) is 4.44. The Labute approximate surface area is 135 Å². The molecular formula is C18H20N4O. The number of hydrogen-bond donors (Lipinski definition) is 3. The predicted octanol–water partition coefficient (Wildman–Crippen LogP) is 2.95. The number of nitrogens with one attached hydrogen (secondary N) is 2. The van der Waals surface area contributed by atoms with Gasteiger partial charge in [0.1, 0.15) is 11.6 Å². The maximum atomic E-state index is 9.75. The van der Waals surface area contributed by atoms with Gasteiger partial charge in [-0.15, -0.1) is 0 Å². The molecule has 118 valence electrons.